The number of hydrogen-bond donors (Lipinski definition) is 0. The molecule has 5 nitrogen and oxygen atoms in total. The van der Waals surface area contributed by atoms with E-state index in [0.717, 1.165) is 16.9 Å². The molecule has 0 aliphatic carbocycles. The van der Waals surface area contributed by atoms with Gasteiger partial charge in [0.25, 0.3) is 11.8 Å². The van der Waals surface area contributed by atoms with Crippen molar-refractivity contribution in [3.63, 3.8) is 0 Å². The number of aryl methyl sites for hydroxylation is 1. The van der Waals surface area contributed by atoms with Crippen molar-refractivity contribution in [3.8, 4) is 5.75 Å². The Bertz CT molecular complexity index is 828. The highest BCUT2D eigenvalue weighted by Gasteiger charge is 2.43. The van der Waals surface area contributed by atoms with E-state index in [-0.39, 0.29) is 0 Å². The summed E-state index contributed by atoms with van der Waals surface area (Å²) in [5.41, 5.74) is 1.79. The molecule has 0 saturated heterocycles. The predicted molar refractivity (Wildman–Crippen MR) is 105 cm³/mol. The lowest BCUT2D eigenvalue weighted by molar-refractivity contribution is -0.138. The summed E-state index contributed by atoms with van der Waals surface area (Å²) in [5, 5.41) is 0. The van der Waals surface area contributed by atoms with Crippen molar-refractivity contribution in [1.82, 2.24) is 4.90 Å². The summed E-state index contributed by atoms with van der Waals surface area (Å²) in [6.45, 7) is 2.04. The highest BCUT2D eigenvalue weighted by molar-refractivity contribution is 7.98. The van der Waals surface area contributed by atoms with E-state index in [1.54, 1.807) is 48.2 Å². The topological polar surface area (TPSA) is 63.7 Å². The van der Waals surface area contributed by atoms with E-state index in [4.69, 9.17) is 4.74 Å². The lowest BCUT2D eigenvalue weighted by atomic mass is 10.1. The van der Waals surface area contributed by atoms with Crippen molar-refractivity contribution in [2.24, 2.45) is 0 Å². The summed E-state index contributed by atoms with van der Waals surface area (Å²) < 4.78 is 5.49. The fraction of sp³-hybridized carbons (Fsp3) is 0.286. The molecule has 0 radical (unpaired) electrons. The number of fused-ring (bicyclic) bond motifs is 1. The van der Waals surface area contributed by atoms with Crippen molar-refractivity contribution in [1.29, 1.82) is 0 Å². The van der Waals surface area contributed by atoms with Crippen LogP contribution in [0.1, 0.15) is 39.6 Å². The molecule has 2 aromatic carbocycles. The molecule has 1 aliphatic rings. The molecule has 0 fully saturated rings. The molecule has 3 rings (SSSR count). The molecular weight excluding hydrogens is 362 g/mol. The van der Waals surface area contributed by atoms with E-state index in [0.29, 0.717) is 29.1 Å². The second-order valence-electron chi connectivity index (χ2n) is 6.24. The highest BCUT2D eigenvalue weighted by atomic mass is 32.2. The lowest BCUT2D eigenvalue weighted by Crippen LogP contribution is -2.47. The van der Waals surface area contributed by atoms with Gasteiger partial charge in [0.2, 0.25) is 0 Å². The molecule has 0 bridgehead atoms. The first-order chi connectivity index (χ1) is 13.1. The minimum Gasteiger partial charge on any atom is -0.425 e. The normalized spacial score (nSPS) is 14.2. The molecule has 2 aromatic rings. The summed E-state index contributed by atoms with van der Waals surface area (Å²) in [6.07, 6.45) is 3.15. The number of nitrogens with zero attached hydrogens (tertiary/aromatic N) is 1. The van der Waals surface area contributed by atoms with Crippen molar-refractivity contribution in [3.05, 3.63) is 65.2 Å². The number of amides is 2. The smallest absolute Gasteiger partial charge is 0.334 e. The summed E-state index contributed by atoms with van der Waals surface area (Å²) in [4.78, 5) is 39.4. The monoisotopic (exact) mass is 383 g/mol. The minimum atomic E-state index is -0.948. The van der Waals surface area contributed by atoms with Gasteiger partial charge in [-0.05, 0) is 54.7 Å². The molecule has 1 heterocycles. The molecule has 6 heteroatoms. The number of hydrogen-bond acceptors (Lipinski definition) is 5. The van der Waals surface area contributed by atoms with Crippen LogP contribution >= 0.6 is 11.8 Å². The molecular formula is C21H21NO4S. The third-order valence-corrected chi connectivity index (χ3v) is 5.20. The number of esters is 1. The zero-order valence-electron chi connectivity index (χ0n) is 15.3. The van der Waals surface area contributed by atoms with Gasteiger partial charge in [-0.15, -0.1) is 0 Å². The van der Waals surface area contributed by atoms with Gasteiger partial charge in [-0.2, -0.15) is 11.8 Å². The number of thioether (sulfide) groups is 1. The molecule has 1 atom stereocenters. The van der Waals surface area contributed by atoms with E-state index >= 15 is 0 Å². The van der Waals surface area contributed by atoms with Crippen LogP contribution in [0.3, 0.4) is 0 Å². The van der Waals surface area contributed by atoms with Crippen molar-refractivity contribution >= 4 is 29.5 Å². The molecule has 0 aromatic heterocycles. The van der Waals surface area contributed by atoms with Crippen LogP contribution in [0.5, 0.6) is 5.75 Å². The molecule has 0 N–H and O–H groups in total. The Labute approximate surface area is 162 Å². The van der Waals surface area contributed by atoms with Crippen LogP contribution < -0.4 is 4.74 Å². The van der Waals surface area contributed by atoms with Crippen molar-refractivity contribution in [2.75, 3.05) is 12.0 Å². The number of carbonyl (C=O) groups excluding carboxylic acids is 3. The van der Waals surface area contributed by atoms with Gasteiger partial charge in [0, 0.05) is 0 Å². The van der Waals surface area contributed by atoms with Gasteiger partial charge in [0.1, 0.15) is 11.8 Å². The average molecular weight is 383 g/mol. The van der Waals surface area contributed by atoms with Gasteiger partial charge >= 0.3 is 5.97 Å². The van der Waals surface area contributed by atoms with E-state index < -0.39 is 23.8 Å². The Hall–Kier alpha value is -2.60. The Morgan fingerprint density at radius 3 is 2.15 bits per heavy atom. The zero-order chi connectivity index (χ0) is 19.4. The Morgan fingerprint density at radius 2 is 1.63 bits per heavy atom. The first-order valence-electron chi connectivity index (χ1n) is 8.83. The number of benzene rings is 2. The van der Waals surface area contributed by atoms with E-state index in [2.05, 4.69) is 0 Å². The number of rotatable bonds is 7. The fourth-order valence-electron chi connectivity index (χ4n) is 3.05. The van der Waals surface area contributed by atoms with Crippen LogP contribution in [0.15, 0.2) is 48.5 Å². The minimum absolute atomic E-state index is 0.330. The van der Waals surface area contributed by atoms with Gasteiger partial charge in [-0.25, -0.2) is 4.79 Å². The van der Waals surface area contributed by atoms with Gasteiger partial charge in [0.15, 0.2) is 0 Å². The highest BCUT2D eigenvalue weighted by Crippen LogP contribution is 2.27. The summed E-state index contributed by atoms with van der Waals surface area (Å²) in [5.74, 6) is -0.451. The zero-order valence-corrected chi connectivity index (χ0v) is 16.1. The Balaban J connectivity index is 1.84. The number of carbonyl (C=O) groups is 3. The van der Waals surface area contributed by atoms with Gasteiger partial charge in [-0.3, -0.25) is 14.5 Å². The van der Waals surface area contributed by atoms with Crippen molar-refractivity contribution in [2.45, 2.75) is 25.8 Å². The van der Waals surface area contributed by atoms with Crippen molar-refractivity contribution < 1.29 is 19.1 Å². The predicted octanol–water partition coefficient (Wildman–Crippen LogP) is 3.57. The van der Waals surface area contributed by atoms with E-state index in [9.17, 15) is 14.4 Å². The molecule has 140 valence electrons. The van der Waals surface area contributed by atoms with Gasteiger partial charge in [0.05, 0.1) is 11.1 Å². The van der Waals surface area contributed by atoms with Gasteiger partial charge in [-0.1, -0.05) is 31.2 Å². The first kappa shape index (κ1) is 19.2. The van der Waals surface area contributed by atoms with Crippen LogP contribution in [-0.2, 0) is 11.2 Å². The van der Waals surface area contributed by atoms with Crippen LogP contribution in [0.25, 0.3) is 0 Å². The standard InChI is InChI=1S/C21H21NO4S/c1-3-14-8-10-15(11-9-14)26-21(25)18(12-13-27-2)22-19(23)16-6-4-5-7-17(16)20(22)24/h4-11,18H,3,12-13H2,1-2H3. The van der Waals surface area contributed by atoms with E-state index in [1.807, 2.05) is 25.3 Å². The lowest BCUT2D eigenvalue weighted by Gasteiger charge is -2.24. The van der Waals surface area contributed by atoms with Crippen LogP contribution in [0, 0.1) is 0 Å². The van der Waals surface area contributed by atoms with E-state index in [1.165, 1.54) is 0 Å². The molecule has 2 amide bonds. The molecule has 0 saturated carbocycles. The third-order valence-electron chi connectivity index (χ3n) is 4.55. The average Bonchev–Trinajstić information content (AvgIpc) is 2.94. The summed E-state index contributed by atoms with van der Waals surface area (Å²) >= 11 is 1.55. The van der Waals surface area contributed by atoms with Gasteiger partial charge < -0.3 is 4.74 Å². The SMILES string of the molecule is CCc1ccc(OC(=O)C(CCSC)N2C(=O)c3ccccc3C2=O)cc1. The number of ether oxygens (including phenoxy) is 1. The molecule has 1 unspecified atom stereocenters. The molecule has 1 aliphatic heterocycles. The maximum absolute atomic E-state index is 12.8. The molecule has 27 heavy (non-hydrogen) atoms. The van der Waals surface area contributed by atoms with Crippen LogP contribution in [0.2, 0.25) is 0 Å². The Kier molecular flexibility index (Phi) is 5.96. The van der Waals surface area contributed by atoms with Crippen LogP contribution in [0.4, 0.5) is 0 Å². The second kappa shape index (κ2) is 8.39. The largest absolute Gasteiger partial charge is 0.425 e. The fourth-order valence-corrected chi connectivity index (χ4v) is 3.51. The van der Waals surface area contributed by atoms with Crippen LogP contribution in [-0.4, -0.2) is 40.7 Å². The third kappa shape index (κ3) is 3.90. The molecule has 0 spiro atoms. The maximum Gasteiger partial charge on any atom is 0.334 e. The number of imide groups is 1. The second-order valence-corrected chi connectivity index (χ2v) is 7.23. The maximum atomic E-state index is 12.8. The summed E-state index contributed by atoms with van der Waals surface area (Å²) in [7, 11) is 0. The summed E-state index contributed by atoms with van der Waals surface area (Å²) in [6, 6.07) is 12.9. The quantitative estimate of drug-likeness (QED) is 0.415. The first-order valence-corrected chi connectivity index (χ1v) is 10.2. The Morgan fingerprint density at radius 1 is 1.04 bits per heavy atom.